The Bertz CT molecular complexity index is 2660. The highest BCUT2D eigenvalue weighted by Gasteiger charge is 2.19. The fraction of sp³-hybridized carbons (Fsp3) is 0.0476. The smallest absolute Gasteiger partial charge is 0.0541 e. The molecule has 6 aromatic carbocycles. The van der Waals surface area contributed by atoms with E-state index in [-0.39, 0.29) is 0 Å². The predicted octanol–water partition coefficient (Wildman–Crippen LogP) is 11.7. The minimum Gasteiger partial charge on any atom is -0.313 e. The Morgan fingerprint density at radius 2 is 1.18 bits per heavy atom. The maximum atomic E-state index is 2.48. The van der Waals surface area contributed by atoms with Crippen molar-refractivity contribution in [3.05, 3.63) is 151 Å². The van der Waals surface area contributed by atoms with E-state index < -0.39 is 0 Å². The largest absolute Gasteiger partial charge is 0.313 e. The zero-order chi connectivity index (χ0) is 29.5. The molecule has 0 unspecified atom stereocenters. The van der Waals surface area contributed by atoms with Gasteiger partial charge in [0.05, 0.1) is 16.6 Å². The van der Waals surface area contributed by atoms with Gasteiger partial charge in [0.1, 0.15) is 0 Å². The maximum absolute atomic E-state index is 2.48. The monoisotopic (exact) mass is 592 g/mol. The summed E-state index contributed by atoms with van der Waals surface area (Å²) in [6.45, 7) is 0. The van der Waals surface area contributed by atoms with Gasteiger partial charge in [0.25, 0.3) is 0 Å². The third-order valence-electron chi connectivity index (χ3n) is 9.58. The molecule has 0 saturated heterocycles. The van der Waals surface area contributed by atoms with Crippen LogP contribution >= 0.6 is 11.3 Å². The number of benzene rings is 6. The molecule has 0 saturated carbocycles. The van der Waals surface area contributed by atoms with Gasteiger partial charge in [0, 0.05) is 59.0 Å². The molecule has 0 atom stereocenters. The summed E-state index contributed by atoms with van der Waals surface area (Å²) in [6, 6.07) is 49.4. The van der Waals surface area contributed by atoms with Gasteiger partial charge in [-0.15, -0.1) is 11.3 Å². The van der Waals surface area contributed by atoms with Crippen LogP contribution in [0.15, 0.2) is 140 Å². The van der Waals surface area contributed by atoms with E-state index in [9.17, 15) is 0 Å². The molecule has 0 aliphatic heterocycles. The number of hydrogen-bond acceptors (Lipinski definition) is 1. The molecular formula is C42H28N2S. The molecule has 3 aromatic heterocycles. The summed E-state index contributed by atoms with van der Waals surface area (Å²) in [4.78, 5) is 0. The number of thiophene rings is 1. The maximum Gasteiger partial charge on any atom is 0.0541 e. The van der Waals surface area contributed by atoms with Crippen LogP contribution in [0.4, 0.5) is 0 Å². The van der Waals surface area contributed by atoms with E-state index in [1.165, 1.54) is 86.6 Å². The van der Waals surface area contributed by atoms with E-state index >= 15 is 0 Å². The fourth-order valence-electron chi connectivity index (χ4n) is 7.57. The molecule has 3 heteroatoms. The first-order valence-corrected chi connectivity index (χ1v) is 16.5. The van der Waals surface area contributed by atoms with Gasteiger partial charge in [-0.25, -0.2) is 0 Å². The molecular weight excluding hydrogens is 565 g/mol. The van der Waals surface area contributed by atoms with Crippen molar-refractivity contribution in [1.29, 1.82) is 0 Å². The Balaban J connectivity index is 1.15. The number of allylic oxidation sites excluding steroid dienone is 1. The van der Waals surface area contributed by atoms with Gasteiger partial charge in [-0.1, -0.05) is 84.9 Å². The lowest BCUT2D eigenvalue weighted by Crippen LogP contribution is -2.03. The second kappa shape index (κ2) is 9.56. The van der Waals surface area contributed by atoms with Crippen molar-refractivity contribution < 1.29 is 0 Å². The first-order valence-electron chi connectivity index (χ1n) is 15.7. The number of hydrogen-bond donors (Lipinski definition) is 0. The van der Waals surface area contributed by atoms with Gasteiger partial charge < -0.3 is 9.13 Å². The first kappa shape index (κ1) is 25.0. The van der Waals surface area contributed by atoms with Gasteiger partial charge in [-0.05, 0) is 84.6 Å². The molecule has 0 N–H and O–H groups in total. The molecule has 0 radical (unpaired) electrons. The molecule has 45 heavy (non-hydrogen) atoms. The summed E-state index contributed by atoms with van der Waals surface area (Å²) < 4.78 is 7.58. The van der Waals surface area contributed by atoms with Crippen molar-refractivity contribution in [3.8, 4) is 22.5 Å². The van der Waals surface area contributed by atoms with E-state index in [2.05, 4.69) is 155 Å². The first-order chi connectivity index (χ1) is 22.3. The molecule has 9 aromatic rings. The van der Waals surface area contributed by atoms with Crippen LogP contribution in [0.3, 0.4) is 0 Å². The summed E-state index contributed by atoms with van der Waals surface area (Å²) in [5.41, 5.74) is 11.4. The molecule has 0 fully saturated rings. The lowest BCUT2D eigenvalue weighted by molar-refractivity contribution is 0.889. The Morgan fingerprint density at radius 3 is 2.09 bits per heavy atom. The van der Waals surface area contributed by atoms with Crippen molar-refractivity contribution >= 4 is 70.3 Å². The summed E-state index contributed by atoms with van der Waals surface area (Å²) in [5.74, 6) is 0. The summed E-state index contributed by atoms with van der Waals surface area (Å²) >= 11 is 1.87. The van der Waals surface area contributed by atoms with E-state index in [0.29, 0.717) is 0 Å². The molecule has 0 spiro atoms. The van der Waals surface area contributed by atoms with E-state index in [1.54, 1.807) is 0 Å². The van der Waals surface area contributed by atoms with Crippen molar-refractivity contribution in [3.63, 3.8) is 0 Å². The minimum atomic E-state index is 1.06. The third kappa shape index (κ3) is 3.68. The molecule has 2 nitrogen and oxygen atoms in total. The highest BCUT2D eigenvalue weighted by Crippen LogP contribution is 2.40. The minimum absolute atomic E-state index is 1.06. The second-order valence-corrected chi connectivity index (χ2v) is 13.2. The SMILES string of the molecule is C1=Cc2c(n(-c3cccc(-c4ccc5c(c4)c4ccccc4n5-c4ccc5sc6ccccc6c5c4)c3)c3ccccc23)CC1. The molecule has 1 aliphatic rings. The van der Waals surface area contributed by atoms with Crippen LogP contribution in [-0.4, -0.2) is 9.13 Å². The van der Waals surface area contributed by atoms with Crippen LogP contribution in [0.1, 0.15) is 17.7 Å². The molecule has 0 amide bonds. The summed E-state index contributed by atoms with van der Waals surface area (Å²) in [5, 5.41) is 6.53. The van der Waals surface area contributed by atoms with Gasteiger partial charge in [-0.3, -0.25) is 0 Å². The van der Waals surface area contributed by atoms with Crippen LogP contribution in [-0.2, 0) is 6.42 Å². The second-order valence-electron chi connectivity index (χ2n) is 12.1. The Labute approximate surface area is 264 Å². The molecule has 3 heterocycles. The average molecular weight is 593 g/mol. The number of nitrogens with zero attached hydrogens (tertiary/aromatic N) is 2. The fourth-order valence-corrected chi connectivity index (χ4v) is 8.66. The highest BCUT2D eigenvalue weighted by atomic mass is 32.1. The van der Waals surface area contributed by atoms with Crippen molar-refractivity contribution in [2.45, 2.75) is 12.8 Å². The van der Waals surface area contributed by atoms with Crippen molar-refractivity contribution in [2.75, 3.05) is 0 Å². The lowest BCUT2D eigenvalue weighted by atomic mass is 10.0. The molecule has 0 bridgehead atoms. The van der Waals surface area contributed by atoms with Crippen molar-refractivity contribution in [1.82, 2.24) is 9.13 Å². The Hall–Kier alpha value is -5.38. The normalized spacial score (nSPS) is 13.1. The zero-order valence-corrected chi connectivity index (χ0v) is 25.4. The van der Waals surface area contributed by atoms with Crippen LogP contribution in [0.2, 0.25) is 0 Å². The van der Waals surface area contributed by atoms with Crippen LogP contribution < -0.4 is 0 Å². The van der Waals surface area contributed by atoms with E-state index in [4.69, 9.17) is 0 Å². The predicted molar refractivity (Wildman–Crippen MR) is 193 cm³/mol. The number of fused-ring (bicyclic) bond motifs is 9. The van der Waals surface area contributed by atoms with Gasteiger partial charge in [0.15, 0.2) is 0 Å². The summed E-state index contributed by atoms with van der Waals surface area (Å²) in [7, 11) is 0. The van der Waals surface area contributed by atoms with E-state index in [1.807, 2.05) is 11.3 Å². The third-order valence-corrected chi connectivity index (χ3v) is 10.7. The van der Waals surface area contributed by atoms with Gasteiger partial charge in [-0.2, -0.15) is 0 Å². The quantitative estimate of drug-likeness (QED) is 0.193. The van der Waals surface area contributed by atoms with Gasteiger partial charge in [0.2, 0.25) is 0 Å². The zero-order valence-electron chi connectivity index (χ0n) is 24.6. The number of para-hydroxylation sites is 2. The van der Waals surface area contributed by atoms with Crippen LogP contribution in [0, 0.1) is 0 Å². The highest BCUT2D eigenvalue weighted by molar-refractivity contribution is 7.25. The Morgan fingerprint density at radius 1 is 0.467 bits per heavy atom. The van der Waals surface area contributed by atoms with Crippen LogP contribution in [0.25, 0.3) is 81.5 Å². The molecule has 1 aliphatic carbocycles. The standard InChI is InChI=1S/C42H28N2S/c1-5-16-37-31(12-1)32-13-2-6-17-38(32)43(37)29-11-9-10-27(24-29)28-20-22-40-35(25-28)33-14-3-7-18-39(33)44(40)30-21-23-42-36(26-30)34-15-4-8-19-41(34)45-42/h1-5,7-16,18-26H,6,17H2. The van der Waals surface area contributed by atoms with Crippen molar-refractivity contribution in [2.24, 2.45) is 0 Å². The average Bonchev–Trinajstić information content (AvgIpc) is 3.75. The topological polar surface area (TPSA) is 9.86 Å². The van der Waals surface area contributed by atoms with E-state index in [0.717, 1.165) is 12.8 Å². The van der Waals surface area contributed by atoms with Crippen LogP contribution in [0.5, 0.6) is 0 Å². The number of aromatic nitrogens is 2. The Kier molecular flexibility index (Phi) is 5.31. The molecule has 10 rings (SSSR count). The summed E-state index contributed by atoms with van der Waals surface area (Å²) in [6.07, 6.45) is 6.76. The lowest BCUT2D eigenvalue weighted by Gasteiger charge is -2.14. The number of rotatable bonds is 3. The molecule has 212 valence electrons. The van der Waals surface area contributed by atoms with Gasteiger partial charge >= 0.3 is 0 Å².